The van der Waals surface area contributed by atoms with E-state index in [0.717, 1.165) is 0 Å². The summed E-state index contributed by atoms with van der Waals surface area (Å²) in [5.41, 5.74) is 0. The third-order valence-electron chi connectivity index (χ3n) is 1.92. The van der Waals surface area contributed by atoms with Crippen LogP contribution in [-0.4, -0.2) is 22.8 Å². The Morgan fingerprint density at radius 1 is 1.50 bits per heavy atom. The maximum Gasteiger partial charge on any atom is 0.229 e. The van der Waals surface area contributed by atoms with Crippen molar-refractivity contribution in [3.63, 3.8) is 0 Å². The SMILES string of the molecule is CC(CC#N)N1C(=O)CCC1=O. The number of hydrogen-bond donors (Lipinski definition) is 0. The molecule has 1 rings (SSSR count). The molecule has 4 heteroatoms. The van der Waals surface area contributed by atoms with Gasteiger partial charge in [-0.25, -0.2) is 0 Å². The van der Waals surface area contributed by atoms with Gasteiger partial charge in [-0.2, -0.15) is 5.26 Å². The van der Waals surface area contributed by atoms with Gasteiger partial charge >= 0.3 is 0 Å². The van der Waals surface area contributed by atoms with Gasteiger partial charge in [-0.15, -0.1) is 0 Å². The van der Waals surface area contributed by atoms with Crippen molar-refractivity contribution in [2.24, 2.45) is 0 Å². The molecule has 2 amide bonds. The molecule has 0 aromatic rings. The fourth-order valence-corrected chi connectivity index (χ4v) is 1.31. The summed E-state index contributed by atoms with van der Waals surface area (Å²) in [6, 6.07) is 1.67. The van der Waals surface area contributed by atoms with Gasteiger partial charge in [0, 0.05) is 18.9 Å². The minimum Gasteiger partial charge on any atom is -0.279 e. The summed E-state index contributed by atoms with van der Waals surface area (Å²) >= 11 is 0. The van der Waals surface area contributed by atoms with E-state index in [-0.39, 0.29) is 24.3 Å². The van der Waals surface area contributed by atoms with Crippen LogP contribution in [0.1, 0.15) is 26.2 Å². The van der Waals surface area contributed by atoms with Crippen molar-refractivity contribution in [3.05, 3.63) is 0 Å². The molecule has 0 saturated carbocycles. The predicted molar refractivity (Wildman–Crippen MR) is 40.8 cm³/mol. The molecule has 0 radical (unpaired) electrons. The second-order valence-electron chi connectivity index (χ2n) is 2.87. The Balaban J connectivity index is 2.67. The average molecular weight is 166 g/mol. The minimum atomic E-state index is -0.266. The number of rotatable bonds is 2. The monoisotopic (exact) mass is 166 g/mol. The van der Waals surface area contributed by atoms with Gasteiger partial charge < -0.3 is 0 Å². The van der Waals surface area contributed by atoms with E-state index >= 15 is 0 Å². The average Bonchev–Trinajstić information content (AvgIpc) is 2.32. The second-order valence-corrected chi connectivity index (χ2v) is 2.87. The lowest BCUT2D eigenvalue weighted by Gasteiger charge is -2.19. The van der Waals surface area contributed by atoms with Crippen molar-refractivity contribution < 1.29 is 9.59 Å². The standard InChI is InChI=1S/C8H10N2O2/c1-6(4-5-9)10-7(11)2-3-8(10)12/h6H,2-4H2,1H3. The molecule has 0 spiro atoms. The Morgan fingerprint density at radius 2 is 2.00 bits per heavy atom. The number of nitriles is 1. The number of imide groups is 1. The third-order valence-corrected chi connectivity index (χ3v) is 1.92. The van der Waals surface area contributed by atoms with E-state index in [1.165, 1.54) is 4.90 Å². The van der Waals surface area contributed by atoms with E-state index in [2.05, 4.69) is 0 Å². The molecule has 0 aliphatic carbocycles. The maximum absolute atomic E-state index is 11.1. The van der Waals surface area contributed by atoms with Crippen LogP contribution in [-0.2, 0) is 9.59 Å². The molecule has 1 aliphatic heterocycles. The molecule has 1 atom stereocenters. The summed E-state index contributed by atoms with van der Waals surface area (Å²) < 4.78 is 0. The van der Waals surface area contributed by atoms with Crippen LogP contribution >= 0.6 is 0 Å². The lowest BCUT2D eigenvalue weighted by atomic mass is 10.2. The highest BCUT2D eigenvalue weighted by atomic mass is 16.2. The van der Waals surface area contributed by atoms with Crippen LogP contribution in [0.25, 0.3) is 0 Å². The molecule has 0 aromatic carbocycles. The lowest BCUT2D eigenvalue weighted by Crippen LogP contribution is -2.37. The summed E-state index contributed by atoms with van der Waals surface area (Å²) in [5, 5.41) is 8.37. The van der Waals surface area contributed by atoms with Crippen LogP contribution in [0.15, 0.2) is 0 Å². The molecular formula is C8H10N2O2. The smallest absolute Gasteiger partial charge is 0.229 e. The highest BCUT2D eigenvalue weighted by Gasteiger charge is 2.32. The van der Waals surface area contributed by atoms with Gasteiger partial charge in [0.25, 0.3) is 0 Å². The number of carbonyl (C=O) groups is 2. The molecule has 1 unspecified atom stereocenters. The normalized spacial score (nSPS) is 19.5. The van der Waals surface area contributed by atoms with E-state index < -0.39 is 0 Å². The maximum atomic E-state index is 11.1. The fraction of sp³-hybridized carbons (Fsp3) is 0.625. The Morgan fingerprint density at radius 3 is 2.42 bits per heavy atom. The summed E-state index contributed by atoms with van der Waals surface area (Å²) in [6.07, 6.45) is 0.820. The molecule has 1 fully saturated rings. The van der Waals surface area contributed by atoms with Crippen LogP contribution in [0.4, 0.5) is 0 Å². The van der Waals surface area contributed by atoms with Gasteiger partial charge in [0.15, 0.2) is 0 Å². The van der Waals surface area contributed by atoms with Crippen molar-refractivity contribution in [3.8, 4) is 6.07 Å². The molecule has 1 aliphatic rings. The topological polar surface area (TPSA) is 61.2 Å². The Bertz CT molecular complexity index is 238. The predicted octanol–water partition coefficient (Wildman–Crippen LogP) is 0.438. The summed E-state index contributed by atoms with van der Waals surface area (Å²) in [4.78, 5) is 23.4. The number of carbonyl (C=O) groups excluding carboxylic acids is 2. The molecule has 0 aromatic heterocycles. The third kappa shape index (κ3) is 1.45. The van der Waals surface area contributed by atoms with Crippen LogP contribution in [0.5, 0.6) is 0 Å². The van der Waals surface area contributed by atoms with Gasteiger partial charge in [-0.3, -0.25) is 14.5 Å². The van der Waals surface area contributed by atoms with Gasteiger partial charge in [0.05, 0.1) is 12.5 Å². The largest absolute Gasteiger partial charge is 0.279 e. The first-order chi connectivity index (χ1) is 5.66. The van der Waals surface area contributed by atoms with Crippen LogP contribution in [0, 0.1) is 11.3 Å². The van der Waals surface area contributed by atoms with Crippen LogP contribution in [0.2, 0.25) is 0 Å². The van der Waals surface area contributed by atoms with Gasteiger partial charge in [0.2, 0.25) is 11.8 Å². The zero-order chi connectivity index (χ0) is 9.14. The molecule has 1 saturated heterocycles. The van der Waals surface area contributed by atoms with E-state index in [9.17, 15) is 9.59 Å². The van der Waals surface area contributed by atoms with Crippen LogP contribution < -0.4 is 0 Å². The van der Waals surface area contributed by atoms with Crippen molar-refractivity contribution in [1.29, 1.82) is 5.26 Å². The zero-order valence-electron chi connectivity index (χ0n) is 6.91. The molecule has 64 valence electrons. The van der Waals surface area contributed by atoms with Crippen molar-refractivity contribution in [2.45, 2.75) is 32.2 Å². The number of likely N-dealkylation sites (tertiary alicyclic amines) is 1. The highest BCUT2D eigenvalue weighted by molar-refractivity contribution is 6.02. The Kier molecular flexibility index (Phi) is 2.44. The lowest BCUT2D eigenvalue weighted by molar-refractivity contribution is -0.140. The van der Waals surface area contributed by atoms with Gasteiger partial charge in [-0.05, 0) is 6.92 Å². The fourth-order valence-electron chi connectivity index (χ4n) is 1.31. The molecule has 0 bridgehead atoms. The first kappa shape index (κ1) is 8.72. The summed E-state index contributed by atoms with van der Waals surface area (Å²) in [7, 11) is 0. The molecular weight excluding hydrogens is 156 g/mol. The number of hydrogen-bond acceptors (Lipinski definition) is 3. The zero-order valence-corrected chi connectivity index (χ0v) is 6.91. The quantitative estimate of drug-likeness (QED) is 0.559. The second kappa shape index (κ2) is 3.35. The molecule has 0 N–H and O–H groups in total. The first-order valence-corrected chi connectivity index (χ1v) is 3.88. The van der Waals surface area contributed by atoms with Gasteiger partial charge in [0.1, 0.15) is 0 Å². The molecule has 4 nitrogen and oxygen atoms in total. The van der Waals surface area contributed by atoms with Crippen molar-refractivity contribution in [1.82, 2.24) is 4.90 Å². The van der Waals surface area contributed by atoms with Crippen molar-refractivity contribution >= 4 is 11.8 Å². The molecule has 1 heterocycles. The minimum absolute atomic E-state index is 0.150. The molecule has 12 heavy (non-hydrogen) atoms. The van der Waals surface area contributed by atoms with E-state index in [1.807, 2.05) is 6.07 Å². The Hall–Kier alpha value is -1.37. The Labute approximate surface area is 70.8 Å². The summed E-state index contributed by atoms with van der Waals surface area (Å²) in [6.45, 7) is 1.71. The highest BCUT2D eigenvalue weighted by Crippen LogP contribution is 2.16. The number of amides is 2. The van der Waals surface area contributed by atoms with Crippen LogP contribution in [0.3, 0.4) is 0 Å². The first-order valence-electron chi connectivity index (χ1n) is 3.88. The van der Waals surface area contributed by atoms with E-state index in [4.69, 9.17) is 5.26 Å². The van der Waals surface area contributed by atoms with Crippen molar-refractivity contribution in [2.75, 3.05) is 0 Å². The summed E-state index contributed by atoms with van der Waals surface area (Å²) in [5.74, 6) is -0.300. The van der Waals surface area contributed by atoms with E-state index in [1.54, 1.807) is 6.92 Å². The number of nitrogens with zero attached hydrogens (tertiary/aromatic N) is 2. The van der Waals surface area contributed by atoms with E-state index in [0.29, 0.717) is 12.8 Å². The van der Waals surface area contributed by atoms with Gasteiger partial charge in [-0.1, -0.05) is 0 Å².